The molecule has 27 heavy (non-hydrogen) atoms. The zero-order chi connectivity index (χ0) is 21.0. The highest BCUT2D eigenvalue weighted by Crippen LogP contribution is 2.13. The lowest BCUT2D eigenvalue weighted by Crippen LogP contribution is -2.37. The Kier molecular flexibility index (Phi) is 20.7. The van der Waals surface area contributed by atoms with Crippen molar-refractivity contribution in [2.24, 2.45) is 5.41 Å². The molecular weight excluding hydrogens is 348 g/mol. The Hall–Kier alpha value is -0.950. The summed E-state index contributed by atoms with van der Waals surface area (Å²) in [5, 5.41) is 42.6. The van der Waals surface area contributed by atoms with Crippen LogP contribution in [-0.4, -0.2) is 57.9 Å². The molecule has 0 saturated carbocycles. The number of hydrogen-bond donors (Lipinski definition) is 5. The molecule has 0 spiro atoms. The molecule has 0 bridgehead atoms. The molecule has 5 N–H and O–H groups in total. The van der Waals surface area contributed by atoms with Gasteiger partial charge in [0.05, 0.1) is 31.8 Å². The fourth-order valence-corrected chi connectivity index (χ4v) is 2.41. The zero-order valence-corrected chi connectivity index (χ0v) is 17.2. The van der Waals surface area contributed by atoms with Crippen molar-refractivity contribution in [3.63, 3.8) is 0 Å². The molecule has 0 radical (unpaired) electrons. The van der Waals surface area contributed by atoms with E-state index in [9.17, 15) is 4.79 Å². The van der Waals surface area contributed by atoms with Crippen LogP contribution in [0, 0.1) is 5.41 Å². The monoisotopic (exact) mass is 390 g/mol. The van der Waals surface area contributed by atoms with Crippen LogP contribution >= 0.6 is 0 Å². The molecule has 0 heterocycles. The molecule has 6 nitrogen and oxygen atoms in total. The fourth-order valence-electron chi connectivity index (χ4n) is 2.41. The largest absolute Gasteiger partial charge is 0.478 e. The van der Waals surface area contributed by atoms with Gasteiger partial charge in [0.1, 0.15) is 0 Å². The normalized spacial score (nSPS) is 11.0. The van der Waals surface area contributed by atoms with Gasteiger partial charge in [0.15, 0.2) is 0 Å². The van der Waals surface area contributed by atoms with Gasteiger partial charge in [0.2, 0.25) is 0 Å². The second-order valence-corrected chi connectivity index (χ2v) is 7.33. The van der Waals surface area contributed by atoms with Crippen LogP contribution in [0.3, 0.4) is 0 Å². The van der Waals surface area contributed by atoms with E-state index < -0.39 is 37.8 Å². The molecule has 0 atom stereocenters. The topological polar surface area (TPSA) is 118 Å². The summed E-state index contributed by atoms with van der Waals surface area (Å²) in [5.74, 6) is -0.845. The Bertz CT molecular complexity index is 335. The van der Waals surface area contributed by atoms with Gasteiger partial charge in [-0.3, -0.25) is 0 Å². The van der Waals surface area contributed by atoms with Gasteiger partial charge >= 0.3 is 5.97 Å². The van der Waals surface area contributed by atoms with E-state index in [-0.39, 0.29) is 0 Å². The third kappa shape index (κ3) is 16.9. The Morgan fingerprint density at radius 2 is 1.04 bits per heavy atom. The minimum Gasteiger partial charge on any atom is -0.478 e. The van der Waals surface area contributed by atoms with Crippen molar-refractivity contribution < 1.29 is 30.3 Å². The van der Waals surface area contributed by atoms with Crippen molar-refractivity contribution in [1.29, 1.82) is 0 Å². The van der Waals surface area contributed by atoms with Gasteiger partial charge in [-0.1, -0.05) is 77.7 Å². The fraction of sp³-hybridized carbons (Fsp3) is 0.857. The lowest BCUT2D eigenvalue weighted by Gasteiger charge is -2.23. The number of carbonyl (C=O) groups is 1. The highest BCUT2D eigenvalue weighted by molar-refractivity contribution is 5.85. The molecule has 0 aromatic carbocycles. The van der Waals surface area contributed by atoms with Crippen LogP contribution in [0.15, 0.2) is 12.2 Å². The Labute approximate surface area is 164 Å². The standard InChI is InChI=1S/C16H30O2.C5H12O4/c1-3-4-5-6-7-8-9-10-11-12-13-14-15(2)16(17)18;6-1-5(2-7,3-8)4-9/h2-14H2,1H3,(H,17,18);6-9H,1-4H2. The average Bonchev–Trinajstić information content (AvgIpc) is 2.68. The first kappa shape index (κ1) is 28.3. The Balaban J connectivity index is 0. The smallest absolute Gasteiger partial charge is 0.330 e. The van der Waals surface area contributed by atoms with Gasteiger partial charge in [-0.15, -0.1) is 0 Å². The minimum atomic E-state index is -1.11. The van der Waals surface area contributed by atoms with E-state index in [1.165, 1.54) is 57.8 Å². The molecule has 6 heteroatoms. The summed E-state index contributed by atoms with van der Waals surface area (Å²) in [4.78, 5) is 10.5. The molecule has 0 aromatic heterocycles. The van der Waals surface area contributed by atoms with Crippen molar-refractivity contribution in [1.82, 2.24) is 0 Å². The summed E-state index contributed by atoms with van der Waals surface area (Å²) in [6.45, 7) is 4.16. The summed E-state index contributed by atoms with van der Waals surface area (Å²) in [6, 6.07) is 0. The zero-order valence-electron chi connectivity index (χ0n) is 17.2. The number of hydrogen-bond acceptors (Lipinski definition) is 5. The maximum Gasteiger partial charge on any atom is 0.330 e. The maximum atomic E-state index is 10.5. The van der Waals surface area contributed by atoms with E-state index in [2.05, 4.69) is 13.5 Å². The van der Waals surface area contributed by atoms with Crippen LogP contribution in [0.5, 0.6) is 0 Å². The number of aliphatic hydroxyl groups is 4. The molecule has 0 aliphatic rings. The van der Waals surface area contributed by atoms with Gasteiger partial charge in [-0.2, -0.15) is 0 Å². The molecule has 0 saturated heterocycles. The Morgan fingerprint density at radius 1 is 0.704 bits per heavy atom. The lowest BCUT2D eigenvalue weighted by atomic mass is 9.93. The van der Waals surface area contributed by atoms with Gasteiger partial charge < -0.3 is 25.5 Å². The van der Waals surface area contributed by atoms with E-state index in [4.69, 9.17) is 25.5 Å². The molecule has 0 fully saturated rings. The minimum absolute atomic E-state index is 0.353. The highest BCUT2D eigenvalue weighted by atomic mass is 16.4. The Morgan fingerprint density at radius 3 is 1.30 bits per heavy atom. The van der Waals surface area contributed by atoms with Crippen molar-refractivity contribution in [2.45, 2.75) is 84.0 Å². The summed E-state index contributed by atoms with van der Waals surface area (Å²) < 4.78 is 0. The first-order valence-electron chi connectivity index (χ1n) is 10.3. The summed E-state index contributed by atoms with van der Waals surface area (Å²) in [7, 11) is 0. The SMILES string of the molecule is C=C(CCCCCCCCCCCCC)C(=O)O.OCC(CO)(CO)CO. The van der Waals surface area contributed by atoms with E-state index in [1.807, 2.05) is 0 Å². The van der Waals surface area contributed by atoms with Gasteiger partial charge in [-0.25, -0.2) is 4.79 Å². The predicted octanol–water partition coefficient (Wildman–Crippen LogP) is 3.27. The quantitative estimate of drug-likeness (QED) is 0.192. The molecule has 0 aromatic rings. The van der Waals surface area contributed by atoms with E-state index in [0.29, 0.717) is 12.0 Å². The van der Waals surface area contributed by atoms with Crippen LogP contribution in [-0.2, 0) is 4.79 Å². The van der Waals surface area contributed by atoms with E-state index in [1.54, 1.807) is 0 Å². The summed E-state index contributed by atoms with van der Waals surface area (Å²) >= 11 is 0. The summed E-state index contributed by atoms with van der Waals surface area (Å²) in [5.41, 5.74) is -0.758. The molecule has 162 valence electrons. The molecule has 0 aliphatic heterocycles. The predicted molar refractivity (Wildman–Crippen MR) is 109 cm³/mol. The number of aliphatic carboxylic acids is 1. The molecule has 0 amide bonds. The van der Waals surface area contributed by atoms with Crippen LogP contribution in [0.25, 0.3) is 0 Å². The average molecular weight is 391 g/mol. The van der Waals surface area contributed by atoms with Crippen LogP contribution in [0.1, 0.15) is 84.0 Å². The second-order valence-electron chi connectivity index (χ2n) is 7.33. The van der Waals surface area contributed by atoms with E-state index in [0.717, 1.165) is 12.8 Å². The number of aliphatic hydroxyl groups excluding tert-OH is 4. The van der Waals surface area contributed by atoms with Crippen molar-refractivity contribution >= 4 is 5.97 Å². The molecular formula is C21H42O6. The third-order valence-electron chi connectivity index (χ3n) is 4.73. The first-order chi connectivity index (χ1) is 12.9. The lowest BCUT2D eigenvalue weighted by molar-refractivity contribution is -0.132. The van der Waals surface area contributed by atoms with Crippen molar-refractivity contribution in [3.05, 3.63) is 12.2 Å². The number of unbranched alkanes of at least 4 members (excludes halogenated alkanes) is 10. The molecule has 0 aliphatic carbocycles. The van der Waals surface area contributed by atoms with Crippen LogP contribution in [0.4, 0.5) is 0 Å². The van der Waals surface area contributed by atoms with Crippen molar-refractivity contribution in [3.8, 4) is 0 Å². The number of rotatable bonds is 17. The summed E-state index contributed by atoms with van der Waals surface area (Å²) in [6.07, 6.45) is 14.9. The van der Waals surface area contributed by atoms with Crippen LogP contribution < -0.4 is 0 Å². The van der Waals surface area contributed by atoms with Gasteiger partial charge in [-0.05, 0) is 12.8 Å². The first-order valence-corrected chi connectivity index (χ1v) is 10.3. The van der Waals surface area contributed by atoms with Gasteiger partial charge in [0.25, 0.3) is 0 Å². The third-order valence-corrected chi connectivity index (χ3v) is 4.73. The highest BCUT2D eigenvalue weighted by Gasteiger charge is 2.26. The molecule has 0 unspecified atom stereocenters. The number of carboxylic acids is 1. The van der Waals surface area contributed by atoms with E-state index >= 15 is 0 Å². The number of carboxylic acid groups (broad SMARTS) is 1. The van der Waals surface area contributed by atoms with Crippen LogP contribution in [0.2, 0.25) is 0 Å². The molecule has 0 rings (SSSR count). The second kappa shape index (κ2) is 19.8. The van der Waals surface area contributed by atoms with Gasteiger partial charge in [0, 0.05) is 5.57 Å². The van der Waals surface area contributed by atoms with Crippen molar-refractivity contribution in [2.75, 3.05) is 26.4 Å². The maximum absolute atomic E-state index is 10.5.